The van der Waals surface area contributed by atoms with Crippen LogP contribution in [0.25, 0.3) is 0 Å². The van der Waals surface area contributed by atoms with Gasteiger partial charge in [-0.05, 0) is 11.1 Å². The van der Waals surface area contributed by atoms with Crippen molar-refractivity contribution in [3.05, 3.63) is 71.8 Å². The third-order valence-electron chi connectivity index (χ3n) is 5.47. The first-order valence-electron chi connectivity index (χ1n) is 9.41. The van der Waals surface area contributed by atoms with Crippen LogP contribution in [0.1, 0.15) is 36.3 Å². The standard InChI is InChI=1S/C22H25NO2S/c24-21(23-13-11-22(12-14-23)25-15-16-26-22)17-20(18-7-3-1-4-8-18)19-9-5-2-6-10-19/h1-10,20H,11-17H2. The van der Waals surface area contributed by atoms with E-state index in [-0.39, 0.29) is 16.8 Å². The maximum Gasteiger partial charge on any atom is 0.223 e. The highest BCUT2D eigenvalue weighted by Crippen LogP contribution is 2.41. The molecule has 26 heavy (non-hydrogen) atoms. The maximum atomic E-state index is 13.0. The molecule has 0 saturated carbocycles. The molecule has 0 unspecified atom stereocenters. The van der Waals surface area contributed by atoms with Crippen molar-refractivity contribution in [3.63, 3.8) is 0 Å². The van der Waals surface area contributed by atoms with E-state index in [4.69, 9.17) is 4.74 Å². The first kappa shape index (κ1) is 17.6. The Balaban J connectivity index is 1.47. The minimum Gasteiger partial charge on any atom is -0.363 e. The number of hydrogen-bond acceptors (Lipinski definition) is 3. The van der Waals surface area contributed by atoms with Gasteiger partial charge in [-0.25, -0.2) is 0 Å². The van der Waals surface area contributed by atoms with E-state index >= 15 is 0 Å². The summed E-state index contributed by atoms with van der Waals surface area (Å²) < 4.78 is 5.95. The second kappa shape index (κ2) is 7.85. The van der Waals surface area contributed by atoms with Gasteiger partial charge in [0.1, 0.15) is 4.93 Å². The molecule has 2 aromatic rings. The van der Waals surface area contributed by atoms with Crippen LogP contribution in [0.5, 0.6) is 0 Å². The van der Waals surface area contributed by atoms with Crippen molar-refractivity contribution in [1.82, 2.24) is 4.90 Å². The quantitative estimate of drug-likeness (QED) is 0.807. The van der Waals surface area contributed by atoms with Crippen LogP contribution in [0.2, 0.25) is 0 Å². The van der Waals surface area contributed by atoms with E-state index in [2.05, 4.69) is 48.5 Å². The van der Waals surface area contributed by atoms with Crippen molar-refractivity contribution in [3.8, 4) is 0 Å². The summed E-state index contributed by atoms with van der Waals surface area (Å²) in [6, 6.07) is 20.7. The molecule has 1 spiro atoms. The van der Waals surface area contributed by atoms with Crippen LogP contribution in [-0.2, 0) is 9.53 Å². The molecule has 136 valence electrons. The zero-order chi connectivity index (χ0) is 17.8. The van der Waals surface area contributed by atoms with Gasteiger partial charge in [0.25, 0.3) is 0 Å². The van der Waals surface area contributed by atoms with Crippen molar-refractivity contribution < 1.29 is 9.53 Å². The molecule has 2 saturated heterocycles. The predicted molar refractivity (Wildman–Crippen MR) is 106 cm³/mol. The average molecular weight is 368 g/mol. The summed E-state index contributed by atoms with van der Waals surface area (Å²) in [6.07, 6.45) is 2.42. The van der Waals surface area contributed by atoms with E-state index in [0.29, 0.717) is 6.42 Å². The van der Waals surface area contributed by atoms with E-state index in [9.17, 15) is 4.79 Å². The summed E-state index contributed by atoms with van der Waals surface area (Å²) in [7, 11) is 0. The first-order chi connectivity index (χ1) is 12.8. The molecule has 2 aliphatic heterocycles. The normalized spacial score (nSPS) is 19.2. The molecular weight excluding hydrogens is 342 g/mol. The van der Waals surface area contributed by atoms with Crippen LogP contribution in [0, 0.1) is 0 Å². The lowest BCUT2D eigenvalue weighted by atomic mass is 9.88. The van der Waals surface area contributed by atoms with E-state index < -0.39 is 0 Å². The molecule has 0 aliphatic carbocycles. The van der Waals surface area contributed by atoms with Gasteiger partial charge in [-0.15, -0.1) is 11.8 Å². The Morgan fingerprint density at radius 2 is 1.58 bits per heavy atom. The highest BCUT2D eigenvalue weighted by molar-refractivity contribution is 8.00. The Morgan fingerprint density at radius 1 is 1.00 bits per heavy atom. The lowest BCUT2D eigenvalue weighted by molar-refractivity contribution is -0.134. The molecule has 4 rings (SSSR count). The van der Waals surface area contributed by atoms with Crippen molar-refractivity contribution in [2.24, 2.45) is 0 Å². The zero-order valence-corrected chi connectivity index (χ0v) is 15.8. The fourth-order valence-electron chi connectivity index (χ4n) is 3.99. The summed E-state index contributed by atoms with van der Waals surface area (Å²) in [5, 5.41) is 0. The van der Waals surface area contributed by atoms with E-state index in [1.165, 1.54) is 11.1 Å². The van der Waals surface area contributed by atoms with Crippen LogP contribution in [0.15, 0.2) is 60.7 Å². The number of thioether (sulfide) groups is 1. The number of ether oxygens (including phenoxy) is 1. The Morgan fingerprint density at radius 3 is 2.08 bits per heavy atom. The largest absolute Gasteiger partial charge is 0.363 e. The molecule has 2 fully saturated rings. The molecule has 0 radical (unpaired) electrons. The van der Waals surface area contributed by atoms with Gasteiger partial charge in [0.15, 0.2) is 0 Å². The Labute approximate surface area is 159 Å². The Bertz CT molecular complexity index is 679. The lowest BCUT2D eigenvalue weighted by Gasteiger charge is -2.38. The molecule has 1 amide bonds. The maximum absolute atomic E-state index is 13.0. The van der Waals surface area contributed by atoms with Crippen LogP contribution < -0.4 is 0 Å². The smallest absolute Gasteiger partial charge is 0.223 e. The van der Waals surface area contributed by atoms with Crippen molar-refractivity contribution in [2.75, 3.05) is 25.4 Å². The van der Waals surface area contributed by atoms with Crippen LogP contribution in [0.3, 0.4) is 0 Å². The number of rotatable bonds is 4. The fraction of sp³-hybridized carbons (Fsp3) is 0.409. The van der Waals surface area contributed by atoms with Gasteiger partial charge in [-0.3, -0.25) is 4.79 Å². The van der Waals surface area contributed by atoms with Crippen LogP contribution in [-0.4, -0.2) is 41.2 Å². The monoisotopic (exact) mass is 367 g/mol. The number of nitrogens with zero attached hydrogens (tertiary/aromatic N) is 1. The SMILES string of the molecule is O=C(CC(c1ccccc1)c1ccccc1)N1CCC2(CC1)OCCS2. The van der Waals surface area contributed by atoms with Gasteiger partial charge in [-0.1, -0.05) is 60.7 Å². The summed E-state index contributed by atoms with van der Waals surface area (Å²) in [6.45, 7) is 2.47. The third-order valence-corrected chi connectivity index (χ3v) is 6.90. The summed E-state index contributed by atoms with van der Waals surface area (Å²) in [5.74, 6) is 1.44. The van der Waals surface area contributed by atoms with Crippen molar-refractivity contribution in [1.29, 1.82) is 0 Å². The number of hydrogen-bond donors (Lipinski definition) is 0. The summed E-state index contributed by atoms with van der Waals surface area (Å²) >= 11 is 1.93. The number of carbonyl (C=O) groups is 1. The molecule has 3 nitrogen and oxygen atoms in total. The summed E-state index contributed by atoms with van der Waals surface area (Å²) in [4.78, 5) is 15.1. The second-order valence-electron chi connectivity index (χ2n) is 7.07. The van der Waals surface area contributed by atoms with Crippen LogP contribution in [0.4, 0.5) is 0 Å². The molecule has 4 heteroatoms. The highest BCUT2D eigenvalue weighted by Gasteiger charge is 2.40. The molecule has 0 bridgehead atoms. The minimum absolute atomic E-state index is 0.0188. The van der Waals surface area contributed by atoms with E-state index in [1.54, 1.807) is 0 Å². The average Bonchev–Trinajstić information content (AvgIpc) is 3.16. The van der Waals surface area contributed by atoms with Gasteiger partial charge >= 0.3 is 0 Å². The zero-order valence-electron chi connectivity index (χ0n) is 15.0. The van der Waals surface area contributed by atoms with Gasteiger partial charge in [-0.2, -0.15) is 0 Å². The number of amides is 1. The van der Waals surface area contributed by atoms with Crippen molar-refractivity contribution in [2.45, 2.75) is 30.1 Å². The first-order valence-corrected chi connectivity index (χ1v) is 10.4. The lowest BCUT2D eigenvalue weighted by Crippen LogP contribution is -2.45. The van der Waals surface area contributed by atoms with Gasteiger partial charge < -0.3 is 9.64 Å². The number of likely N-dealkylation sites (tertiary alicyclic amines) is 1. The fourth-order valence-corrected chi connectivity index (χ4v) is 5.16. The van der Waals surface area contributed by atoms with Gasteiger partial charge in [0.2, 0.25) is 5.91 Å². The van der Waals surface area contributed by atoms with E-state index in [1.807, 2.05) is 28.8 Å². The number of piperidine rings is 1. The molecule has 0 aromatic heterocycles. The highest BCUT2D eigenvalue weighted by atomic mass is 32.2. The second-order valence-corrected chi connectivity index (χ2v) is 8.51. The topological polar surface area (TPSA) is 29.5 Å². The predicted octanol–water partition coefficient (Wildman–Crippen LogP) is 4.29. The number of carbonyl (C=O) groups excluding carboxylic acids is 1. The molecule has 2 aliphatic rings. The third kappa shape index (κ3) is 3.81. The van der Waals surface area contributed by atoms with Gasteiger partial charge in [0.05, 0.1) is 6.61 Å². The summed E-state index contributed by atoms with van der Waals surface area (Å²) in [5.41, 5.74) is 2.41. The Hall–Kier alpha value is -1.78. The molecular formula is C22H25NO2S. The minimum atomic E-state index is -0.0188. The number of benzene rings is 2. The molecule has 2 aromatic carbocycles. The van der Waals surface area contributed by atoms with Crippen LogP contribution >= 0.6 is 11.8 Å². The molecule has 0 atom stereocenters. The van der Waals surface area contributed by atoms with Gasteiger partial charge in [0, 0.05) is 44.0 Å². The van der Waals surface area contributed by atoms with E-state index in [0.717, 1.165) is 38.3 Å². The van der Waals surface area contributed by atoms with Crippen molar-refractivity contribution >= 4 is 17.7 Å². The molecule has 2 heterocycles. The molecule has 0 N–H and O–H groups in total. The Kier molecular flexibility index (Phi) is 5.32.